The van der Waals surface area contributed by atoms with E-state index in [1.54, 1.807) is 11.3 Å². The zero-order valence-corrected chi connectivity index (χ0v) is 10.2. The lowest BCUT2D eigenvalue weighted by Crippen LogP contribution is -2.25. The Morgan fingerprint density at radius 2 is 2.40 bits per heavy atom. The number of thiazole rings is 1. The molecule has 1 aromatic rings. The molecule has 0 amide bonds. The van der Waals surface area contributed by atoms with E-state index in [9.17, 15) is 0 Å². The Balaban J connectivity index is 0.00000112. The smallest absolute Gasteiger partial charge is 0.180 e. The third-order valence-corrected chi connectivity index (χ3v) is 3.17. The van der Waals surface area contributed by atoms with Gasteiger partial charge in [-0.05, 0) is 12.8 Å². The summed E-state index contributed by atoms with van der Waals surface area (Å²) in [4.78, 5) is 7.73. The molecule has 0 radical (unpaired) electrons. The van der Waals surface area contributed by atoms with Crippen LogP contribution >= 0.6 is 23.7 Å². The molecule has 0 bridgehead atoms. The number of anilines is 1. The van der Waals surface area contributed by atoms with Crippen molar-refractivity contribution in [3.05, 3.63) is 23.7 Å². The first-order valence-corrected chi connectivity index (χ1v) is 5.66. The molecule has 1 aliphatic carbocycles. The summed E-state index contributed by atoms with van der Waals surface area (Å²) >= 11 is 1.58. The lowest BCUT2D eigenvalue weighted by molar-refractivity contribution is 0.286. The van der Waals surface area contributed by atoms with E-state index < -0.39 is 0 Å². The number of halogens is 1. The van der Waals surface area contributed by atoms with Gasteiger partial charge in [-0.15, -0.1) is 30.3 Å². The molecule has 1 aliphatic rings. The molecule has 0 spiro atoms. The second-order valence-corrected chi connectivity index (χ2v) is 4.76. The SMILES string of the molecule is C=CCN(Cc1cnc(N)s1)C1CC1.Cl. The predicted octanol–water partition coefficient (Wildman–Crippen LogP) is 2.30. The predicted molar refractivity (Wildman–Crippen MR) is 67.4 cm³/mol. The van der Waals surface area contributed by atoms with Crippen molar-refractivity contribution in [1.82, 2.24) is 9.88 Å². The molecule has 15 heavy (non-hydrogen) atoms. The molecule has 0 aromatic carbocycles. The fourth-order valence-corrected chi connectivity index (χ4v) is 2.25. The third kappa shape index (κ3) is 3.48. The van der Waals surface area contributed by atoms with Gasteiger partial charge in [0.1, 0.15) is 0 Å². The Kier molecular flexibility index (Phi) is 4.57. The molecule has 2 N–H and O–H groups in total. The summed E-state index contributed by atoms with van der Waals surface area (Å²) in [6.45, 7) is 5.70. The molecular weight excluding hydrogens is 230 g/mol. The summed E-state index contributed by atoms with van der Waals surface area (Å²) in [7, 11) is 0. The van der Waals surface area contributed by atoms with Crippen LogP contribution in [0.25, 0.3) is 0 Å². The molecule has 0 saturated heterocycles. The average molecular weight is 246 g/mol. The number of hydrogen-bond donors (Lipinski definition) is 1. The number of hydrogen-bond acceptors (Lipinski definition) is 4. The minimum Gasteiger partial charge on any atom is -0.375 e. The summed E-state index contributed by atoms with van der Waals surface area (Å²) in [6.07, 6.45) is 6.48. The molecule has 5 heteroatoms. The second kappa shape index (κ2) is 5.49. The second-order valence-electron chi connectivity index (χ2n) is 3.61. The summed E-state index contributed by atoms with van der Waals surface area (Å²) in [5, 5.41) is 0.661. The van der Waals surface area contributed by atoms with Crippen LogP contribution < -0.4 is 5.73 Å². The Hall–Kier alpha value is -0.580. The Morgan fingerprint density at radius 1 is 1.67 bits per heavy atom. The van der Waals surface area contributed by atoms with Crippen molar-refractivity contribution in [3.63, 3.8) is 0 Å². The maximum absolute atomic E-state index is 5.59. The molecule has 1 heterocycles. The monoisotopic (exact) mass is 245 g/mol. The maximum atomic E-state index is 5.59. The van der Waals surface area contributed by atoms with E-state index in [2.05, 4.69) is 16.5 Å². The topological polar surface area (TPSA) is 42.2 Å². The van der Waals surface area contributed by atoms with Crippen molar-refractivity contribution in [2.75, 3.05) is 12.3 Å². The quantitative estimate of drug-likeness (QED) is 0.810. The van der Waals surface area contributed by atoms with Crippen molar-refractivity contribution >= 4 is 28.9 Å². The van der Waals surface area contributed by atoms with Crippen LogP contribution in [0.15, 0.2) is 18.9 Å². The van der Waals surface area contributed by atoms with Gasteiger partial charge in [0.25, 0.3) is 0 Å². The molecule has 1 saturated carbocycles. The van der Waals surface area contributed by atoms with Gasteiger partial charge in [-0.1, -0.05) is 6.08 Å². The Labute approximate surface area is 100 Å². The van der Waals surface area contributed by atoms with Crippen LogP contribution in [-0.4, -0.2) is 22.5 Å². The first kappa shape index (κ1) is 12.5. The van der Waals surface area contributed by atoms with Gasteiger partial charge in [0.15, 0.2) is 5.13 Å². The molecule has 1 aromatic heterocycles. The van der Waals surface area contributed by atoms with Crippen LogP contribution in [0, 0.1) is 0 Å². The molecule has 84 valence electrons. The molecule has 1 fully saturated rings. The largest absolute Gasteiger partial charge is 0.375 e. The van der Waals surface area contributed by atoms with Crippen molar-refractivity contribution in [3.8, 4) is 0 Å². The zero-order chi connectivity index (χ0) is 9.97. The van der Waals surface area contributed by atoms with Crippen LogP contribution in [0.5, 0.6) is 0 Å². The number of rotatable bonds is 5. The van der Waals surface area contributed by atoms with Gasteiger partial charge in [0.2, 0.25) is 0 Å². The van der Waals surface area contributed by atoms with E-state index >= 15 is 0 Å². The highest BCUT2D eigenvalue weighted by Gasteiger charge is 2.28. The van der Waals surface area contributed by atoms with Crippen LogP contribution in [0.2, 0.25) is 0 Å². The lowest BCUT2D eigenvalue weighted by Gasteiger charge is -2.18. The zero-order valence-electron chi connectivity index (χ0n) is 8.56. The van der Waals surface area contributed by atoms with Crippen LogP contribution in [0.4, 0.5) is 5.13 Å². The molecule has 3 nitrogen and oxygen atoms in total. The van der Waals surface area contributed by atoms with E-state index in [1.165, 1.54) is 17.7 Å². The minimum atomic E-state index is 0. The van der Waals surface area contributed by atoms with Gasteiger partial charge in [0, 0.05) is 30.2 Å². The summed E-state index contributed by atoms with van der Waals surface area (Å²) < 4.78 is 0. The van der Waals surface area contributed by atoms with Crippen molar-refractivity contribution in [2.24, 2.45) is 0 Å². The van der Waals surface area contributed by atoms with Crippen molar-refractivity contribution < 1.29 is 0 Å². The Bertz CT molecular complexity index is 322. The van der Waals surface area contributed by atoms with Crippen molar-refractivity contribution in [2.45, 2.75) is 25.4 Å². The molecule has 0 aliphatic heterocycles. The van der Waals surface area contributed by atoms with Gasteiger partial charge in [-0.2, -0.15) is 0 Å². The number of aromatic nitrogens is 1. The number of nitrogen functional groups attached to an aromatic ring is 1. The van der Waals surface area contributed by atoms with Crippen LogP contribution in [-0.2, 0) is 6.54 Å². The standard InChI is InChI=1S/C10H15N3S.ClH/c1-2-5-13(8-3-4-8)7-9-6-12-10(11)14-9;/h2,6,8H,1,3-5,7H2,(H2,11,12);1H. The van der Waals surface area contributed by atoms with Gasteiger partial charge < -0.3 is 5.73 Å². The van der Waals surface area contributed by atoms with Gasteiger partial charge in [-0.25, -0.2) is 4.98 Å². The maximum Gasteiger partial charge on any atom is 0.180 e. The Morgan fingerprint density at radius 3 is 2.87 bits per heavy atom. The summed E-state index contributed by atoms with van der Waals surface area (Å²) in [6, 6.07) is 0.760. The fourth-order valence-electron chi connectivity index (χ4n) is 1.54. The summed E-state index contributed by atoms with van der Waals surface area (Å²) in [5.41, 5.74) is 5.59. The fraction of sp³-hybridized carbons (Fsp3) is 0.500. The first-order chi connectivity index (χ1) is 6.79. The van der Waals surface area contributed by atoms with Crippen LogP contribution in [0.1, 0.15) is 17.7 Å². The minimum absolute atomic E-state index is 0. The van der Waals surface area contributed by atoms with Gasteiger partial charge in [-0.3, -0.25) is 4.90 Å². The van der Waals surface area contributed by atoms with Crippen molar-refractivity contribution in [1.29, 1.82) is 0 Å². The van der Waals surface area contributed by atoms with E-state index in [-0.39, 0.29) is 12.4 Å². The highest BCUT2D eigenvalue weighted by atomic mass is 35.5. The molecule has 0 atom stereocenters. The average Bonchev–Trinajstić information content (AvgIpc) is 2.91. The van der Waals surface area contributed by atoms with E-state index in [0.29, 0.717) is 5.13 Å². The van der Waals surface area contributed by atoms with E-state index in [0.717, 1.165) is 19.1 Å². The lowest BCUT2D eigenvalue weighted by atomic mass is 10.4. The van der Waals surface area contributed by atoms with E-state index in [1.807, 2.05) is 12.3 Å². The molecular formula is C10H16ClN3S. The van der Waals surface area contributed by atoms with E-state index in [4.69, 9.17) is 5.73 Å². The highest BCUT2D eigenvalue weighted by Crippen LogP contribution is 2.29. The highest BCUT2D eigenvalue weighted by molar-refractivity contribution is 7.15. The first-order valence-electron chi connectivity index (χ1n) is 4.84. The van der Waals surface area contributed by atoms with Gasteiger partial charge >= 0.3 is 0 Å². The van der Waals surface area contributed by atoms with Crippen LogP contribution in [0.3, 0.4) is 0 Å². The third-order valence-electron chi connectivity index (χ3n) is 2.36. The number of nitrogens with two attached hydrogens (primary N) is 1. The molecule has 2 rings (SSSR count). The number of nitrogens with zero attached hydrogens (tertiary/aromatic N) is 2. The summed E-state index contributed by atoms with van der Waals surface area (Å²) in [5.74, 6) is 0. The van der Waals surface area contributed by atoms with Gasteiger partial charge in [0.05, 0.1) is 0 Å². The molecule has 0 unspecified atom stereocenters. The normalized spacial score (nSPS) is 15.0.